The molecule has 2 N–H and O–H groups in total. The summed E-state index contributed by atoms with van der Waals surface area (Å²) in [5.41, 5.74) is 6.66. The second-order valence-corrected chi connectivity index (χ2v) is 10.7. The van der Waals surface area contributed by atoms with Gasteiger partial charge in [-0.15, -0.1) is 0 Å². The highest BCUT2D eigenvalue weighted by molar-refractivity contribution is 6.12. The molecule has 3 amide bonds. The molecule has 0 radical (unpaired) electrons. The Morgan fingerprint density at radius 1 is 1.22 bits per heavy atom. The number of nitrogen functional groups attached to an aromatic ring is 1. The minimum absolute atomic E-state index is 0.227. The molecule has 2 aromatic rings. The third-order valence-corrected chi connectivity index (χ3v) is 8.09. The number of unbranched alkanes of at least 4 members (excludes halogenated alkanes) is 1. The molecule has 0 aromatic carbocycles. The number of β-lactam (4-membered cyclic amide) rings is 1. The molecule has 4 rings (SSSR count). The maximum atomic E-state index is 13.7. The molecule has 1 saturated heterocycles. The molecule has 2 aromatic heterocycles. The summed E-state index contributed by atoms with van der Waals surface area (Å²) in [5, 5.41) is 4.33. The minimum Gasteiger partial charge on any atom is -0.384 e. The average Bonchev–Trinajstić information content (AvgIpc) is 3.33. The Bertz CT molecular complexity index is 1110. The van der Waals surface area contributed by atoms with Crippen LogP contribution in [0.25, 0.3) is 0 Å². The van der Waals surface area contributed by atoms with Gasteiger partial charge in [0.15, 0.2) is 5.82 Å². The fourth-order valence-corrected chi connectivity index (χ4v) is 5.98. The Hall–Kier alpha value is -3.23. The monoisotopic (exact) mass is 508 g/mol. The fourth-order valence-electron chi connectivity index (χ4n) is 5.98. The molecule has 2 fully saturated rings. The van der Waals surface area contributed by atoms with Gasteiger partial charge in [-0.25, -0.2) is 4.98 Å². The Kier molecular flexibility index (Phi) is 8.61. The maximum Gasteiger partial charge on any atom is 0.252 e. The Labute approximate surface area is 219 Å². The highest BCUT2D eigenvalue weighted by Gasteiger charge is 2.55. The lowest BCUT2D eigenvalue weighted by Gasteiger charge is -2.46. The van der Waals surface area contributed by atoms with Crippen molar-refractivity contribution < 1.29 is 14.4 Å². The van der Waals surface area contributed by atoms with Gasteiger partial charge < -0.3 is 5.73 Å². The third kappa shape index (κ3) is 6.02. The van der Waals surface area contributed by atoms with E-state index in [0.717, 1.165) is 37.7 Å². The maximum absolute atomic E-state index is 13.7. The second-order valence-electron chi connectivity index (χ2n) is 10.7. The summed E-state index contributed by atoms with van der Waals surface area (Å²) < 4.78 is 1.62. The van der Waals surface area contributed by atoms with E-state index in [1.54, 1.807) is 49.4 Å². The van der Waals surface area contributed by atoms with Crippen molar-refractivity contribution in [1.29, 1.82) is 0 Å². The number of pyridine rings is 1. The van der Waals surface area contributed by atoms with Crippen LogP contribution in [0.15, 0.2) is 30.6 Å². The second kappa shape index (κ2) is 11.9. The number of likely N-dealkylation sites (N-methyl/N-ethyl adjacent to an activating group) is 1. The number of carbonyl (C=O) groups excluding carboxylic acids is 3. The SMILES string of the molecule is CCCC[C@@H](CC(=O)N1C(=O)[C@H](Cc2ccnc(N)c2)[C@H]1C(=O)N(C)c1ccn(C)n1)C1CCCCC1. The van der Waals surface area contributed by atoms with Gasteiger partial charge in [0, 0.05) is 39.0 Å². The number of imide groups is 1. The predicted molar refractivity (Wildman–Crippen MR) is 142 cm³/mol. The van der Waals surface area contributed by atoms with Gasteiger partial charge in [0.1, 0.15) is 11.9 Å². The lowest BCUT2D eigenvalue weighted by atomic mass is 9.75. The van der Waals surface area contributed by atoms with Crippen molar-refractivity contribution in [3.8, 4) is 0 Å². The number of carbonyl (C=O) groups is 3. The Balaban J connectivity index is 1.56. The first-order valence-corrected chi connectivity index (χ1v) is 13.6. The molecule has 1 aliphatic heterocycles. The van der Waals surface area contributed by atoms with Crippen LogP contribution in [0.2, 0.25) is 0 Å². The van der Waals surface area contributed by atoms with Crippen LogP contribution in [0.4, 0.5) is 11.6 Å². The quantitative estimate of drug-likeness (QED) is 0.489. The van der Waals surface area contributed by atoms with Gasteiger partial charge in [-0.1, -0.05) is 51.9 Å². The molecule has 9 heteroatoms. The Morgan fingerprint density at radius 2 is 1.97 bits per heavy atom. The number of aromatic nitrogens is 3. The van der Waals surface area contributed by atoms with E-state index in [0.29, 0.717) is 30.4 Å². The topological polar surface area (TPSA) is 114 Å². The van der Waals surface area contributed by atoms with Crippen molar-refractivity contribution in [3.05, 3.63) is 36.2 Å². The van der Waals surface area contributed by atoms with Crippen molar-refractivity contribution >= 4 is 29.4 Å². The smallest absolute Gasteiger partial charge is 0.252 e. The van der Waals surface area contributed by atoms with Crippen molar-refractivity contribution in [2.45, 2.75) is 77.2 Å². The third-order valence-electron chi connectivity index (χ3n) is 8.09. The number of anilines is 2. The number of amides is 3. The molecule has 1 aliphatic carbocycles. The summed E-state index contributed by atoms with van der Waals surface area (Å²) >= 11 is 0. The van der Waals surface area contributed by atoms with Crippen molar-refractivity contribution in [1.82, 2.24) is 19.7 Å². The molecule has 200 valence electrons. The molecule has 0 bridgehead atoms. The summed E-state index contributed by atoms with van der Waals surface area (Å²) in [6.45, 7) is 2.16. The van der Waals surface area contributed by atoms with Crippen LogP contribution in [-0.4, -0.2) is 50.5 Å². The van der Waals surface area contributed by atoms with E-state index in [2.05, 4.69) is 17.0 Å². The van der Waals surface area contributed by atoms with Crippen LogP contribution in [0.3, 0.4) is 0 Å². The van der Waals surface area contributed by atoms with Gasteiger partial charge >= 0.3 is 0 Å². The van der Waals surface area contributed by atoms with Crippen molar-refractivity contribution in [2.75, 3.05) is 17.7 Å². The first-order chi connectivity index (χ1) is 17.8. The van der Waals surface area contributed by atoms with Gasteiger partial charge in [-0.2, -0.15) is 5.10 Å². The van der Waals surface area contributed by atoms with Gasteiger partial charge in [-0.3, -0.25) is 28.9 Å². The van der Waals surface area contributed by atoms with E-state index in [9.17, 15) is 14.4 Å². The predicted octanol–water partition coefficient (Wildman–Crippen LogP) is 3.73. The zero-order chi connectivity index (χ0) is 26.5. The summed E-state index contributed by atoms with van der Waals surface area (Å²) in [6, 6.07) is 4.39. The molecule has 1 saturated carbocycles. The normalized spacial score (nSPS) is 20.9. The van der Waals surface area contributed by atoms with Crippen molar-refractivity contribution in [3.63, 3.8) is 0 Å². The van der Waals surface area contributed by atoms with Crippen LogP contribution in [0.5, 0.6) is 0 Å². The number of likely N-dealkylation sites (tertiary alicyclic amines) is 1. The molecule has 0 spiro atoms. The van der Waals surface area contributed by atoms with Crippen LogP contribution < -0.4 is 10.6 Å². The molecule has 9 nitrogen and oxygen atoms in total. The minimum atomic E-state index is -0.862. The van der Waals surface area contributed by atoms with Crippen molar-refractivity contribution in [2.24, 2.45) is 24.8 Å². The molecule has 3 heterocycles. The van der Waals surface area contributed by atoms with E-state index < -0.39 is 12.0 Å². The Morgan fingerprint density at radius 3 is 2.62 bits per heavy atom. The van der Waals surface area contributed by atoms with E-state index >= 15 is 0 Å². The number of nitrogens with zero attached hydrogens (tertiary/aromatic N) is 5. The van der Waals surface area contributed by atoms with Crippen LogP contribution in [0.1, 0.15) is 70.3 Å². The first kappa shape index (κ1) is 26.8. The highest BCUT2D eigenvalue weighted by atomic mass is 16.2. The van der Waals surface area contributed by atoms with Gasteiger partial charge in [0.2, 0.25) is 11.8 Å². The molecular weight excluding hydrogens is 468 g/mol. The molecule has 37 heavy (non-hydrogen) atoms. The van der Waals surface area contributed by atoms with Crippen LogP contribution in [0, 0.1) is 17.8 Å². The number of hydrogen-bond acceptors (Lipinski definition) is 6. The fraction of sp³-hybridized carbons (Fsp3) is 0.607. The number of hydrogen-bond donors (Lipinski definition) is 1. The summed E-state index contributed by atoms with van der Waals surface area (Å²) in [7, 11) is 3.42. The molecule has 2 aliphatic rings. The first-order valence-electron chi connectivity index (χ1n) is 13.6. The van der Waals surface area contributed by atoms with E-state index in [4.69, 9.17) is 5.73 Å². The van der Waals surface area contributed by atoms with E-state index in [1.165, 1.54) is 29.1 Å². The summed E-state index contributed by atoms with van der Waals surface area (Å²) in [4.78, 5) is 47.5. The summed E-state index contributed by atoms with van der Waals surface area (Å²) in [5.74, 6) is 0.159. The standard InChI is InChI=1S/C28H40N6O3/c1-4-5-9-21(20-10-7-6-8-11-20)18-25(35)34-26(28(37)33(3)24-13-15-32(2)31-24)22(27(34)36)16-19-12-14-30-23(29)17-19/h12-15,17,20-22,26H,4-11,16,18H2,1-3H3,(H2,29,30)/t21-,22+,26-/m0/s1. The largest absolute Gasteiger partial charge is 0.384 e. The number of aryl methyl sites for hydroxylation is 1. The van der Waals surface area contributed by atoms with Gasteiger partial charge in [-0.05, 0) is 42.4 Å². The average molecular weight is 509 g/mol. The molecule has 3 atom stereocenters. The van der Waals surface area contributed by atoms with Crippen LogP contribution >= 0.6 is 0 Å². The van der Waals surface area contributed by atoms with Gasteiger partial charge in [0.05, 0.1) is 5.92 Å². The highest BCUT2D eigenvalue weighted by Crippen LogP contribution is 2.38. The lowest BCUT2D eigenvalue weighted by Crippen LogP contribution is -2.69. The lowest BCUT2D eigenvalue weighted by molar-refractivity contribution is -0.171. The zero-order valence-corrected chi connectivity index (χ0v) is 22.3. The molecule has 0 unspecified atom stereocenters. The number of nitrogens with two attached hydrogens (primary N) is 1. The van der Waals surface area contributed by atoms with E-state index in [1.807, 2.05) is 0 Å². The van der Waals surface area contributed by atoms with Gasteiger partial charge in [0.25, 0.3) is 5.91 Å². The zero-order valence-electron chi connectivity index (χ0n) is 22.3. The van der Waals surface area contributed by atoms with Crippen LogP contribution in [-0.2, 0) is 27.9 Å². The summed E-state index contributed by atoms with van der Waals surface area (Å²) in [6.07, 6.45) is 13.1. The van der Waals surface area contributed by atoms with E-state index in [-0.39, 0.29) is 23.6 Å². The molecular formula is C28H40N6O3. The number of rotatable bonds is 10.